The molecule has 0 aliphatic heterocycles. The second kappa shape index (κ2) is 6.25. The smallest absolute Gasteiger partial charge is 0.123 e. The highest BCUT2D eigenvalue weighted by molar-refractivity contribution is 6.30. The fourth-order valence-electron chi connectivity index (χ4n) is 2.07. The van der Waals surface area contributed by atoms with Crippen LogP contribution in [-0.2, 0) is 6.42 Å². The first-order chi connectivity index (χ1) is 9.50. The van der Waals surface area contributed by atoms with Crippen LogP contribution in [0.15, 0.2) is 48.5 Å². The Labute approximate surface area is 123 Å². The van der Waals surface area contributed by atoms with Crippen molar-refractivity contribution < 1.29 is 9.50 Å². The van der Waals surface area contributed by atoms with Gasteiger partial charge in [0.05, 0.1) is 12.1 Å². The van der Waals surface area contributed by atoms with Crippen LogP contribution in [0.1, 0.15) is 12.5 Å². The fraction of sp³-hybridized carbons (Fsp3) is 0.250. The third kappa shape index (κ3) is 3.95. The number of halogens is 2. The minimum absolute atomic E-state index is 0.0347. The Morgan fingerprint density at radius 2 is 1.70 bits per heavy atom. The average Bonchev–Trinajstić information content (AvgIpc) is 2.44. The first kappa shape index (κ1) is 14.8. The first-order valence-electron chi connectivity index (χ1n) is 6.40. The molecule has 2 aromatic carbocycles. The summed E-state index contributed by atoms with van der Waals surface area (Å²) < 4.78 is 12.9. The Hall–Kier alpha value is -1.58. The molecule has 0 fully saturated rings. The van der Waals surface area contributed by atoms with E-state index in [0.29, 0.717) is 11.4 Å². The molecule has 20 heavy (non-hydrogen) atoms. The summed E-state index contributed by atoms with van der Waals surface area (Å²) in [7, 11) is 0. The van der Waals surface area contributed by atoms with Crippen molar-refractivity contribution in [3.05, 3.63) is 64.9 Å². The molecule has 1 unspecified atom stereocenters. The largest absolute Gasteiger partial charge is 0.394 e. The zero-order valence-corrected chi connectivity index (χ0v) is 12.0. The molecule has 1 atom stereocenters. The van der Waals surface area contributed by atoms with Gasteiger partial charge in [-0.1, -0.05) is 23.7 Å². The predicted octanol–water partition coefficient (Wildman–Crippen LogP) is 3.88. The van der Waals surface area contributed by atoms with Gasteiger partial charge in [0.2, 0.25) is 0 Å². The van der Waals surface area contributed by atoms with E-state index < -0.39 is 5.54 Å². The van der Waals surface area contributed by atoms with Gasteiger partial charge in [-0.15, -0.1) is 0 Å². The van der Waals surface area contributed by atoms with Gasteiger partial charge in [0.25, 0.3) is 0 Å². The molecule has 2 N–H and O–H groups in total. The number of rotatable bonds is 5. The van der Waals surface area contributed by atoms with E-state index in [1.807, 2.05) is 19.1 Å². The maximum atomic E-state index is 12.9. The number of nitrogens with one attached hydrogen (secondary N) is 1. The predicted molar refractivity (Wildman–Crippen MR) is 80.7 cm³/mol. The van der Waals surface area contributed by atoms with Crippen LogP contribution in [0.2, 0.25) is 5.02 Å². The van der Waals surface area contributed by atoms with Crippen molar-refractivity contribution in [3.63, 3.8) is 0 Å². The van der Waals surface area contributed by atoms with Gasteiger partial charge in [-0.25, -0.2) is 4.39 Å². The molecule has 0 aliphatic rings. The highest BCUT2D eigenvalue weighted by Gasteiger charge is 2.23. The number of aliphatic hydroxyl groups excluding tert-OH is 1. The monoisotopic (exact) mass is 293 g/mol. The molecule has 0 radical (unpaired) electrons. The highest BCUT2D eigenvalue weighted by atomic mass is 35.5. The Kier molecular flexibility index (Phi) is 4.63. The Morgan fingerprint density at radius 1 is 1.10 bits per heavy atom. The summed E-state index contributed by atoms with van der Waals surface area (Å²) in [5, 5.41) is 13.6. The molecule has 0 spiro atoms. The second-order valence-corrected chi connectivity index (χ2v) is 5.59. The van der Waals surface area contributed by atoms with E-state index in [9.17, 15) is 9.50 Å². The number of hydrogen-bond donors (Lipinski definition) is 2. The maximum Gasteiger partial charge on any atom is 0.123 e. The molecule has 2 rings (SSSR count). The molecule has 0 aliphatic carbocycles. The normalized spacial score (nSPS) is 13.8. The van der Waals surface area contributed by atoms with Crippen molar-refractivity contribution >= 4 is 17.3 Å². The van der Waals surface area contributed by atoms with Gasteiger partial charge < -0.3 is 10.4 Å². The van der Waals surface area contributed by atoms with Crippen LogP contribution in [0.5, 0.6) is 0 Å². The van der Waals surface area contributed by atoms with Gasteiger partial charge in [0.15, 0.2) is 0 Å². The summed E-state index contributed by atoms with van der Waals surface area (Å²) >= 11 is 5.85. The number of hydrogen-bond acceptors (Lipinski definition) is 2. The lowest BCUT2D eigenvalue weighted by molar-refractivity contribution is 0.222. The maximum absolute atomic E-state index is 12.9. The lowest BCUT2D eigenvalue weighted by Crippen LogP contribution is -2.41. The highest BCUT2D eigenvalue weighted by Crippen LogP contribution is 2.21. The molecule has 2 aromatic rings. The standard InChI is InChI=1S/C16H17ClFNO/c1-16(11-20,10-12-2-6-14(18)7-3-12)19-15-8-4-13(17)5-9-15/h2-9,19-20H,10-11H2,1H3. The van der Waals surface area contributed by atoms with E-state index in [2.05, 4.69) is 5.32 Å². The number of benzene rings is 2. The van der Waals surface area contributed by atoms with Gasteiger partial charge in [-0.2, -0.15) is 0 Å². The van der Waals surface area contributed by atoms with E-state index in [0.717, 1.165) is 11.3 Å². The quantitative estimate of drug-likeness (QED) is 0.877. The van der Waals surface area contributed by atoms with Crippen molar-refractivity contribution in [1.29, 1.82) is 0 Å². The molecule has 0 saturated heterocycles. The summed E-state index contributed by atoms with van der Waals surface area (Å²) in [4.78, 5) is 0. The Bertz CT molecular complexity index is 506. The molecule has 0 amide bonds. The summed E-state index contributed by atoms with van der Waals surface area (Å²) in [5.74, 6) is -0.259. The molecule has 0 bridgehead atoms. The fourth-order valence-corrected chi connectivity index (χ4v) is 2.20. The minimum atomic E-state index is -0.522. The average molecular weight is 294 g/mol. The van der Waals surface area contributed by atoms with E-state index in [1.54, 1.807) is 24.3 Å². The van der Waals surface area contributed by atoms with Gasteiger partial charge in [0.1, 0.15) is 5.82 Å². The molecule has 0 aromatic heterocycles. The Morgan fingerprint density at radius 3 is 2.25 bits per heavy atom. The second-order valence-electron chi connectivity index (χ2n) is 5.15. The van der Waals surface area contributed by atoms with E-state index in [-0.39, 0.29) is 12.4 Å². The zero-order chi connectivity index (χ0) is 14.6. The summed E-state index contributed by atoms with van der Waals surface area (Å²) in [6.45, 7) is 1.89. The van der Waals surface area contributed by atoms with Crippen LogP contribution >= 0.6 is 11.6 Å². The Balaban J connectivity index is 2.12. The SMILES string of the molecule is CC(CO)(Cc1ccc(F)cc1)Nc1ccc(Cl)cc1. The lowest BCUT2D eigenvalue weighted by atomic mass is 9.93. The van der Waals surface area contributed by atoms with Crippen molar-refractivity contribution in [1.82, 2.24) is 0 Å². The van der Waals surface area contributed by atoms with E-state index >= 15 is 0 Å². The van der Waals surface area contributed by atoms with Crippen LogP contribution in [-0.4, -0.2) is 17.3 Å². The minimum Gasteiger partial charge on any atom is -0.394 e. The van der Waals surface area contributed by atoms with Crippen LogP contribution < -0.4 is 5.32 Å². The summed E-state index contributed by atoms with van der Waals surface area (Å²) in [5.41, 5.74) is 1.32. The third-order valence-corrected chi connectivity index (χ3v) is 3.40. The van der Waals surface area contributed by atoms with E-state index in [1.165, 1.54) is 12.1 Å². The lowest BCUT2D eigenvalue weighted by Gasteiger charge is -2.30. The van der Waals surface area contributed by atoms with Gasteiger partial charge >= 0.3 is 0 Å². The van der Waals surface area contributed by atoms with Crippen molar-refractivity contribution in [2.45, 2.75) is 18.9 Å². The van der Waals surface area contributed by atoms with Crippen molar-refractivity contribution in [3.8, 4) is 0 Å². The number of aliphatic hydroxyl groups is 1. The molecule has 4 heteroatoms. The van der Waals surface area contributed by atoms with Crippen molar-refractivity contribution in [2.24, 2.45) is 0 Å². The molecule has 2 nitrogen and oxygen atoms in total. The summed E-state index contributed by atoms with van der Waals surface area (Å²) in [6.07, 6.45) is 0.590. The molecular formula is C16H17ClFNO. The van der Waals surface area contributed by atoms with Crippen molar-refractivity contribution in [2.75, 3.05) is 11.9 Å². The molecule has 0 saturated carbocycles. The van der Waals surface area contributed by atoms with Gasteiger partial charge in [-0.3, -0.25) is 0 Å². The van der Waals surface area contributed by atoms with Crippen LogP contribution in [0, 0.1) is 5.82 Å². The molecule has 0 heterocycles. The number of anilines is 1. The van der Waals surface area contributed by atoms with Crippen LogP contribution in [0.25, 0.3) is 0 Å². The summed E-state index contributed by atoms with van der Waals surface area (Å²) in [6, 6.07) is 13.6. The first-order valence-corrected chi connectivity index (χ1v) is 6.78. The topological polar surface area (TPSA) is 32.3 Å². The van der Waals surface area contributed by atoms with E-state index in [4.69, 9.17) is 11.6 Å². The van der Waals surface area contributed by atoms with Crippen LogP contribution in [0.3, 0.4) is 0 Å². The van der Waals surface area contributed by atoms with Crippen LogP contribution in [0.4, 0.5) is 10.1 Å². The molecule has 106 valence electrons. The third-order valence-electron chi connectivity index (χ3n) is 3.15. The van der Waals surface area contributed by atoms with Gasteiger partial charge in [-0.05, 0) is 55.3 Å². The molecular weight excluding hydrogens is 277 g/mol. The zero-order valence-electron chi connectivity index (χ0n) is 11.2. The van der Waals surface area contributed by atoms with Gasteiger partial charge in [0, 0.05) is 10.7 Å².